The first kappa shape index (κ1) is 16.6. The fourth-order valence-corrected chi connectivity index (χ4v) is 5.05. The Morgan fingerprint density at radius 1 is 1.19 bits per heavy atom. The van der Waals surface area contributed by atoms with E-state index in [2.05, 4.69) is 31.5 Å². The minimum Gasteiger partial charge on any atom is -0.364 e. The summed E-state index contributed by atoms with van der Waals surface area (Å²) >= 11 is 1.56. The highest BCUT2D eigenvalue weighted by molar-refractivity contribution is 7.14. The summed E-state index contributed by atoms with van der Waals surface area (Å²) in [6, 6.07) is 5.17. The molecule has 2 saturated heterocycles. The van der Waals surface area contributed by atoms with Gasteiger partial charge in [-0.05, 0) is 38.7 Å². The highest BCUT2D eigenvalue weighted by atomic mass is 32.1. The van der Waals surface area contributed by atoms with Crippen LogP contribution < -0.4 is 10.2 Å². The summed E-state index contributed by atoms with van der Waals surface area (Å²) < 4.78 is 0. The molecule has 0 radical (unpaired) electrons. The van der Waals surface area contributed by atoms with E-state index >= 15 is 0 Å². The molecule has 8 heteroatoms. The summed E-state index contributed by atoms with van der Waals surface area (Å²) in [5.74, 6) is 0.364. The van der Waals surface area contributed by atoms with Crippen LogP contribution in [-0.2, 0) is 4.79 Å². The average molecular weight is 380 g/mol. The maximum atomic E-state index is 11.4. The van der Waals surface area contributed by atoms with Gasteiger partial charge in [0, 0.05) is 36.7 Å². The van der Waals surface area contributed by atoms with Gasteiger partial charge >= 0.3 is 0 Å². The molecule has 138 valence electrons. The molecule has 2 aliphatic heterocycles. The summed E-state index contributed by atoms with van der Waals surface area (Å²) in [6.07, 6.45) is 6.77. The van der Waals surface area contributed by atoms with Crippen LogP contribution in [0.4, 0.5) is 11.5 Å². The maximum absolute atomic E-state index is 11.4. The zero-order valence-corrected chi connectivity index (χ0v) is 16.1. The molecular weight excluding hydrogens is 360 g/mol. The van der Waals surface area contributed by atoms with Crippen LogP contribution in [0, 0.1) is 6.92 Å². The van der Waals surface area contributed by atoms with E-state index in [1.54, 1.807) is 17.5 Å². The van der Waals surface area contributed by atoms with Crippen LogP contribution in [0.15, 0.2) is 18.3 Å². The molecule has 0 aromatic carbocycles. The van der Waals surface area contributed by atoms with Crippen molar-refractivity contribution in [3.8, 4) is 10.7 Å². The molecule has 0 saturated carbocycles. The molecule has 0 atom stereocenters. The quantitative estimate of drug-likeness (QED) is 0.748. The van der Waals surface area contributed by atoms with E-state index in [0.29, 0.717) is 17.9 Å². The number of carbonyl (C=O) groups is 1. The number of amides is 1. The first-order chi connectivity index (χ1) is 13.1. The second-order valence-corrected chi connectivity index (χ2v) is 8.48. The summed E-state index contributed by atoms with van der Waals surface area (Å²) in [6.45, 7) is 3.43. The minimum atomic E-state index is -0.146. The number of rotatable bonds is 3. The fourth-order valence-electron chi connectivity index (χ4n) is 4.36. The lowest BCUT2D eigenvalue weighted by molar-refractivity contribution is -0.114. The lowest BCUT2D eigenvalue weighted by Gasteiger charge is -2.26. The van der Waals surface area contributed by atoms with Gasteiger partial charge in [-0.1, -0.05) is 11.3 Å². The number of aryl methyl sites for hydroxylation is 1. The van der Waals surface area contributed by atoms with Crippen molar-refractivity contribution in [2.24, 2.45) is 0 Å². The van der Waals surface area contributed by atoms with Gasteiger partial charge in [0.25, 0.3) is 0 Å². The van der Waals surface area contributed by atoms with Crippen molar-refractivity contribution in [1.82, 2.24) is 20.2 Å². The lowest BCUT2D eigenvalue weighted by atomic mass is 10.0. The van der Waals surface area contributed by atoms with Crippen LogP contribution in [0.2, 0.25) is 0 Å². The van der Waals surface area contributed by atoms with E-state index in [4.69, 9.17) is 4.98 Å². The summed E-state index contributed by atoms with van der Waals surface area (Å²) in [5, 5.41) is 14.0. The van der Waals surface area contributed by atoms with E-state index in [1.165, 1.54) is 32.6 Å². The first-order valence-electron chi connectivity index (χ1n) is 9.25. The average Bonchev–Trinajstić information content (AvgIpc) is 3.35. The van der Waals surface area contributed by atoms with Gasteiger partial charge in [0.05, 0.1) is 11.2 Å². The first-order valence-corrected chi connectivity index (χ1v) is 10.1. The molecule has 3 aromatic heterocycles. The third-order valence-electron chi connectivity index (χ3n) is 5.44. The Kier molecular flexibility index (Phi) is 3.82. The van der Waals surface area contributed by atoms with Gasteiger partial charge in [0.2, 0.25) is 5.91 Å². The molecule has 5 rings (SSSR count). The van der Waals surface area contributed by atoms with Crippen LogP contribution in [0.25, 0.3) is 21.6 Å². The number of fused-ring (bicyclic) bond motifs is 3. The van der Waals surface area contributed by atoms with Crippen LogP contribution in [0.1, 0.15) is 37.6 Å². The van der Waals surface area contributed by atoms with E-state index in [9.17, 15) is 4.79 Å². The van der Waals surface area contributed by atoms with Crippen molar-refractivity contribution in [3.05, 3.63) is 23.3 Å². The van der Waals surface area contributed by atoms with Crippen LogP contribution in [-0.4, -0.2) is 38.2 Å². The van der Waals surface area contributed by atoms with Crippen molar-refractivity contribution in [2.75, 3.05) is 10.2 Å². The molecule has 27 heavy (non-hydrogen) atoms. The van der Waals surface area contributed by atoms with E-state index in [1.807, 2.05) is 13.0 Å². The normalized spacial score (nSPS) is 21.2. The third-order valence-corrected chi connectivity index (χ3v) is 6.29. The number of pyridine rings is 2. The van der Waals surface area contributed by atoms with E-state index in [-0.39, 0.29) is 5.91 Å². The molecule has 1 amide bonds. The Hall–Kier alpha value is -2.61. The second-order valence-electron chi connectivity index (χ2n) is 7.30. The van der Waals surface area contributed by atoms with E-state index in [0.717, 1.165) is 32.3 Å². The lowest BCUT2D eigenvalue weighted by Crippen LogP contribution is -2.28. The summed E-state index contributed by atoms with van der Waals surface area (Å²) in [5.41, 5.74) is 2.82. The number of carbonyl (C=O) groups excluding carboxylic acids is 1. The molecule has 0 unspecified atom stereocenters. The smallest absolute Gasteiger partial charge is 0.222 e. The molecule has 0 spiro atoms. The van der Waals surface area contributed by atoms with Crippen LogP contribution in [0.3, 0.4) is 0 Å². The van der Waals surface area contributed by atoms with Crippen molar-refractivity contribution in [2.45, 2.75) is 51.6 Å². The predicted octanol–water partition coefficient (Wildman–Crippen LogP) is 3.55. The van der Waals surface area contributed by atoms with Crippen molar-refractivity contribution in [1.29, 1.82) is 0 Å². The van der Waals surface area contributed by atoms with E-state index < -0.39 is 0 Å². The molecule has 3 aromatic rings. The zero-order chi connectivity index (χ0) is 18.5. The highest BCUT2D eigenvalue weighted by Crippen LogP contribution is 2.45. The summed E-state index contributed by atoms with van der Waals surface area (Å²) in [7, 11) is 0. The predicted molar refractivity (Wildman–Crippen MR) is 106 cm³/mol. The number of nitrogens with zero attached hydrogens (tertiary/aromatic N) is 5. The van der Waals surface area contributed by atoms with Gasteiger partial charge in [-0.15, -0.1) is 10.2 Å². The number of hydrogen-bond donors (Lipinski definition) is 1. The minimum absolute atomic E-state index is 0.146. The van der Waals surface area contributed by atoms with Crippen molar-refractivity contribution >= 4 is 39.7 Å². The van der Waals surface area contributed by atoms with Crippen molar-refractivity contribution in [3.63, 3.8) is 0 Å². The molecule has 2 aliphatic rings. The Balaban J connectivity index is 1.68. The van der Waals surface area contributed by atoms with Gasteiger partial charge in [-0.2, -0.15) is 0 Å². The van der Waals surface area contributed by atoms with Gasteiger partial charge in [-0.25, -0.2) is 9.97 Å². The second kappa shape index (κ2) is 6.23. The Morgan fingerprint density at radius 2 is 1.93 bits per heavy atom. The Bertz CT molecular complexity index is 1030. The SMILES string of the molecule is CC(=O)Nc1cc2nc(-c3nnc(C)s3)c(N3C4CCC3CC4)cc2cn1. The molecule has 5 heterocycles. The van der Waals surface area contributed by atoms with Gasteiger partial charge < -0.3 is 10.2 Å². The van der Waals surface area contributed by atoms with Crippen LogP contribution >= 0.6 is 11.3 Å². The largest absolute Gasteiger partial charge is 0.364 e. The van der Waals surface area contributed by atoms with Gasteiger partial charge in [-0.3, -0.25) is 4.79 Å². The van der Waals surface area contributed by atoms with Crippen LogP contribution in [0.5, 0.6) is 0 Å². The monoisotopic (exact) mass is 380 g/mol. The van der Waals surface area contributed by atoms with Gasteiger partial charge in [0.15, 0.2) is 5.01 Å². The highest BCUT2D eigenvalue weighted by Gasteiger charge is 2.40. The molecule has 0 aliphatic carbocycles. The topological polar surface area (TPSA) is 83.9 Å². The summed E-state index contributed by atoms with van der Waals surface area (Å²) in [4.78, 5) is 23.2. The zero-order valence-electron chi connectivity index (χ0n) is 15.3. The molecule has 1 N–H and O–H groups in total. The molecule has 2 bridgehead atoms. The Labute approximate surface area is 160 Å². The molecular formula is C19H20N6OS. The number of aromatic nitrogens is 4. The maximum Gasteiger partial charge on any atom is 0.222 e. The third kappa shape index (κ3) is 2.84. The fraction of sp³-hybridized carbons (Fsp3) is 0.421. The number of anilines is 2. The number of nitrogens with one attached hydrogen (secondary N) is 1. The standard InChI is InChI=1S/C19H20N6OS/c1-10(26)21-17-8-15-12(9-20-17)7-16(25-13-3-4-14(25)6-5-13)18(22-15)19-24-23-11(2)27-19/h7-9,13-14H,3-6H2,1-2H3,(H,20,21,26). The molecule has 2 fully saturated rings. The van der Waals surface area contributed by atoms with Crippen molar-refractivity contribution < 1.29 is 4.79 Å². The number of hydrogen-bond acceptors (Lipinski definition) is 7. The molecule has 7 nitrogen and oxygen atoms in total. The Morgan fingerprint density at radius 3 is 2.56 bits per heavy atom. The van der Waals surface area contributed by atoms with Gasteiger partial charge in [0.1, 0.15) is 16.5 Å².